The molecule has 2 unspecified atom stereocenters. The predicted molar refractivity (Wildman–Crippen MR) is 33.2 cm³/mol. The molecule has 1 N–H and O–H groups in total. The lowest BCUT2D eigenvalue weighted by Crippen LogP contribution is -2.06. The maximum Gasteiger partial charge on any atom is 0.154 e. The van der Waals surface area contributed by atoms with Crippen molar-refractivity contribution in [3.05, 3.63) is 0 Å². The van der Waals surface area contributed by atoms with Crippen molar-refractivity contribution in [2.75, 3.05) is 6.16 Å². The Morgan fingerprint density at radius 2 is 2.43 bits per heavy atom. The Balaban J connectivity index is 2.40. The molecule has 0 bridgehead atoms. The van der Waals surface area contributed by atoms with Gasteiger partial charge in [0, 0.05) is 0 Å². The van der Waals surface area contributed by atoms with E-state index in [0.717, 1.165) is 19.0 Å². The van der Waals surface area contributed by atoms with Crippen LogP contribution in [0.2, 0.25) is 0 Å². The molecule has 1 saturated heterocycles. The summed E-state index contributed by atoms with van der Waals surface area (Å²) < 4.78 is 0. The molecular formula is C4H8ClOP. The minimum Gasteiger partial charge on any atom is -0.371 e. The van der Waals surface area contributed by atoms with Crippen LogP contribution in [0.5, 0.6) is 0 Å². The van der Waals surface area contributed by atoms with E-state index in [1.165, 1.54) is 0 Å². The molecule has 2 atom stereocenters. The van der Waals surface area contributed by atoms with Crippen molar-refractivity contribution in [1.82, 2.24) is 0 Å². The SMILES string of the molecule is OC1(Cl)CCCP1. The van der Waals surface area contributed by atoms with Gasteiger partial charge in [-0.15, -0.1) is 0 Å². The van der Waals surface area contributed by atoms with Crippen LogP contribution in [0.1, 0.15) is 12.8 Å². The Bertz CT molecular complexity index is 66.1. The minimum atomic E-state index is -0.806. The summed E-state index contributed by atoms with van der Waals surface area (Å²) in [5.41, 5.74) is 0. The number of aliphatic hydroxyl groups is 1. The predicted octanol–water partition coefficient (Wildman–Crippen LogP) is 1.34. The summed E-state index contributed by atoms with van der Waals surface area (Å²) >= 11 is 5.54. The van der Waals surface area contributed by atoms with Gasteiger partial charge in [0.15, 0.2) is 4.80 Å². The number of alkyl halides is 1. The molecular weight excluding hydrogens is 130 g/mol. The second kappa shape index (κ2) is 1.89. The molecule has 0 saturated carbocycles. The highest BCUT2D eigenvalue weighted by Gasteiger charge is 2.27. The van der Waals surface area contributed by atoms with E-state index in [2.05, 4.69) is 0 Å². The van der Waals surface area contributed by atoms with Gasteiger partial charge in [0.2, 0.25) is 0 Å². The molecule has 0 aromatic rings. The Morgan fingerprint density at radius 3 is 2.57 bits per heavy atom. The molecule has 1 heterocycles. The van der Waals surface area contributed by atoms with Crippen LogP contribution >= 0.6 is 20.2 Å². The lowest BCUT2D eigenvalue weighted by atomic mass is 10.4. The Labute approximate surface area is 49.8 Å². The lowest BCUT2D eigenvalue weighted by Gasteiger charge is -2.09. The van der Waals surface area contributed by atoms with Crippen molar-refractivity contribution in [1.29, 1.82) is 0 Å². The maximum atomic E-state index is 8.97. The van der Waals surface area contributed by atoms with Gasteiger partial charge in [-0.05, 0) is 19.0 Å². The van der Waals surface area contributed by atoms with Crippen molar-refractivity contribution in [3.63, 3.8) is 0 Å². The van der Waals surface area contributed by atoms with Gasteiger partial charge in [0.1, 0.15) is 0 Å². The fourth-order valence-corrected chi connectivity index (χ4v) is 2.20. The lowest BCUT2D eigenvalue weighted by molar-refractivity contribution is 0.216. The zero-order valence-corrected chi connectivity index (χ0v) is 5.70. The first-order chi connectivity index (χ1) is 3.21. The third-order valence-corrected chi connectivity index (χ3v) is 3.07. The molecule has 0 aromatic carbocycles. The van der Waals surface area contributed by atoms with Gasteiger partial charge in [-0.2, -0.15) is 0 Å². The van der Waals surface area contributed by atoms with E-state index in [0.29, 0.717) is 8.58 Å². The van der Waals surface area contributed by atoms with Crippen LogP contribution in [0, 0.1) is 0 Å². The van der Waals surface area contributed by atoms with E-state index in [4.69, 9.17) is 16.7 Å². The second-order valence-corrected chi connectivity index (χ2v) is 4.41. The summed E-state index contributed by atoms with van der Waals surface area (Å²) in [6, 6.07) is 0. The molecule has 0 amide bonds. The molecule has 1 aliphatic heterocycles. The zero-order valence-electron chi connectivity index (χ0n) is 3.95. The van der Waals surface area contributed by atoms with Gasteiger partial charge < -0.3 is 5.11 Å². The van der Waals surface area contributed by atoms with E-state index in [9.17, 15) is 0 Å². The molecule has 42 valence electrons. The topological polar surface area (TPSA) is 20.2 Å². The summed E-state index contributed by atoms with van der Waals surface area (Å²) in [4.78, 5) is -0.806. The summed E-state index contributed by atoms with van der Waals surface area (Å²) in [6.45, 7) is 0. The number of hydrogen-bond acceptors (Lipinski definition) is 1. The molecule has 0 aliphatic carbocycles. The fraction of sp³-hybridized carbons (Fsp3) is 1.00. The quantitative estimate of drug-likeness (QED) is 0.396. The van der Waals surface area contributed by atoms with Crippen LogP contribution < -0.4 is 0 Å². The summed E-state index contributed by atoms with van der Waals surface area (Å²) in [5.74, 6) is 0. The average molecular weight is 139 g/mol. The van der Waals surface area contributed by atoms with Gasteiger partial charge in [-0.1, -0.05) is 20.2 Å². The van der Waals surface area contributed by atoms with Crippen molar-refractivity contribution in [3.8, 4) is 0 Å². The van der Waals surface area contributed by atoms with E-state index < -0.39 is 4.80 Å². The first-order valence-electron chi connectivity index (χ1n) is 2.37. The van der Waals surface area contributed by atoms with Crippen molar-refractivity contribution in [2.24, 2.45) is 0 Å². The average Bonchev–Trinajstić information content (AvgIpc) is 1.84. The summed E-state index contributed by atoms with van der Waals surface area (Å²) in [6.07, 6.45) is 2.99. The van der Waals surface area contributed by atoms with Gasteiger partial charge in [-0.25, -0.2) is 0 Å². The molecule has 7 heavy (non-hydrogen) atoms. The Hall–Kier alpha value is 0.680. The highest BCUT2D eigenvalue weighted by molar-refractivity contribution is 7.42. The van der Waals surface area contributed by atoms with E-state index >= 15 is 0 Å². The van der Waals surface area contributed by atoms with Crippen molar-refractivity contribution in [2.45, 2.75) is 17.6 Å². The standard InChI is InChI=1S/C4H8ClOP/c5-4(6)2-1-3-7-4/h6-7H,1-3H2. The monoisotopic (exact) mass is 138 g/mol. The molecule has 0 aromatic heterocycles. The molecule has 1 aliphatic rings. The number of halogens is 1. The van der Waals surface area contributed by atoms with Crippen molar-refractivity contribution < 1.29 is 5.11 Å². The van der Waals surface area contributed by atoms with Crippen LogP contribution in [-0.2, 0) is 0 Å². The molecule has 1 nitrogen and oxygen atoms in total. The summed E-state index contributed by atoms with van der Waals surface area (Å²) in [5, 5.41) is 8.97. The van der Waals surface area contributed by atoms with Crippen LogP contribution in [0.4, 0.5) is 0 Å². The van der Waals surface area contributed by atoms with Crippen LogP contribution in [0.15, 0.2) is 0 Å². The molecule has 1 fully saturated rings. The largest absolute Gasteiger partial charge is 0.371 e. The molecule has 1 rings (SSSR count). The molecule has 0 radical (unpaired) electrons. The third kappa shape index (κ3) is 1.56. The highest BCUT2D eigenvalue weighted by atomic mass is 35.5. The van der Waals surface area contributed by atoms with Crippen LogP contribution in [0.25, 0.3) is 0 Å². The Morgan fingerprint density at radius 1 is 1.71 bits per heavy atom. The number of rotatable bonds is 0. The zero-order chi connectivity index (χ0) is 5.33. The molecule has 3 heteroatoms. The van der Waals surface area contributed by atoms with Gasteiger partial charge in [0.25, 0.3) is 0 Å². The van der Waals surface area contributed by atoms with Gasteiger partial charge in [0.05, 0.1) is 0 Å². The minimum absolute atomic E-state index is 0.556. The number of hydrogen-bond donors (Lipinski definition) is 1. The Kier molecular flexibility index (Phi) is 1.57. The summed E-state index contributed by atoms with van der Waals surface area (Å²) in [7, 11) is 0.556. The normalized spacial score (nSPS) is 45.4. The highest BCUT2D eigenvalue weighted by Crippen LogP contribution is 2.44. The van der Waals surface area contributed by atoms with E-state index in [-0.39, 0.29) is 0 Å². The van der Waals surface area contributed by atoms with Crippen LogP contribution in [0.3, 0.4) is 0 Å². The van der Waals surface area contributed by atoms with Gasteiger partial charge >= 0.3 is 0 Å². The smallest absolute Gasteiger partial charge is 0.154 e. The van der Waals surface area contributed by atoms with Crippen molar-refractivity contribution >= 4 is 20.2 Å². The fourth-order valence-electron chi connectivity index (χ4n) is 0.691. The van der Waals surface area contributed by atoms with E-state index in [1.54, 1.807) is 0 Å². The first kappa shape index (κ1) is 5.81. The van der Waals surface area contributed by atoms with Crippen LogP contribution in [-0.4, -0.2) is 16.1 Å². The first-order valence-corrected chi connectivity index (χ1v) is 3.95. The molecule has 0 spiro atoms. The second-order valence-electron chi connectivity index (χ2n) is 1.79. The maximum absolute atomic E-state index is 8.97. The third-order valence-electron chi connectivity index (χ3n) is 1.08. The van der Waals surface area contributed by atoms with Gasteiger partial charge in [-0.3, -0.25) is 0 Å². The van der Waals surface area contributed by atoms with E-state index in [1.807, 2.05) is 0 Å².